The minimum absolute atomic E-state index is 0.104. The Morgan fingerprint density at radius 1 is 0.814 bits per heavy atom. The number of ether oxygens (including phenoxy) is 1. The van der Waals surface area contributed by atoms with Gasteiger partial charge >= 0.3 is 0 Å². The van der Waals surface area contributed by atoms with E-state index in [4.69, 9.17) is 4.74 Å². The number of anilines is 1. The molecular formula is C29H25N2O7S5-. The number of nitrogens with zero attached hydrogens (tertiary/aromatic N) is 2. The third-order valence-corrected chi connectivity index (χ3v) is 11.0. The summed E-state index contributed by atoms with van der Waals surface area (Å²) in [6.45, 7) is 0.520. The number of aromatic nitrogens is 1. The quantitative estimate of drug-likeness (QED) is 0.129. The molecule has 0 aliphatic carbocycles. The Hall–Kier alpha value is -3.11. The van der Waals surface area contributed by atoms with Crippen LogP contribution in [0.5, 0.6) is 5.75 Å². The van der Waals surface area contributed by atoms with Crippen molar-refractivity contribution >= 4 is 76.2 Å². The van der Waals surface area contributed by atoms with Crippen LogP contribution in [-0.2, 0) is 26.8 Å². The van der Waals surface area contributed by atoms with Gasteiger partial charge in [-0.2, -0.15) is 27.2 Å². The summed E-state index contributed by atoms with van der Waals surface area (Å²) in [6, 6.07) is 16.0. The molecule has 4 heterocycles. The Morgan fingerprint density at radius 3 is 2.12 bits per heavy atom. The Bertz CT molecular complexity index is 2010. The third kappa shape index (κ3) is 7.01. The normalized spacial score (nSPS) is 14.5. The molecule has 0 N–H and O–H groups in total. The number of hydrogen-bond acceptors (Lipinski definition) is 11. The van der Waals surface area contributed by atoms with Gasteiger partial charge in [0.05, 0.1) is 32.0 Å². The molecule has 0 unspecified atom stereocenters. The van der Waals surface area contributed by atoms with Crippen molar-refractivity contribution in [1.29, 1.82) is 0 Å². The SMILES string of the molecule is O=S(=O)([O-])CCCN1C(=Cc2sc3ccc(-c4ccsc4)cc3[n+]2CCCS(=O)(=O)[O-])Oc2ccc(-c3ccsc3)cc21. The number of benzene rings is 2. The molecule has 0 fully saturated rings. The fourth-order valence-electron chi connectivity index (χ4n) is 5.00. The molecule has 0 amide bonds. The van der Waals surface area contributed by atoms with E-state index in [2.05, 4.69) is 11.4 Å². The van der Waals surface area contributed by atoms with Crippen LogP contribution in [0.3, 0.4) is 0 Å². The van der Waals surface area contributed by atoms with E-state index in [0.717, 1.165) is 43.2 Å². The summed E-state index contributed by atoms with van der Waals surface area (Å²) in [4.78, 5) is 1.87. The number of thiophene rings is 2. The van der Waals surface area contributed by atoms with Crippen molar-refractivity contribution in [3.05, 3.63) is 80.9 Å². The number of thiazole rings is 1. The molecule has 0 atom stereocenters. The smallest absolute Gasteiger partial charge is 0.268 e. The van der Waals surface area contributed by atoms with Crippen molar-refractivity contribution in [2.75, 3.05) is 23.0 Å². The second kappa shape index (κ2) is 12.1. The van der Waals surface area contributed by atoms with Crippen LogP contribution in [0.2, 0.25) is 0 Å². The van der Waals surface area contributed by atoms with Crippen molar-refractivity contribution in [3.8, 4) is 28.0 Å². The van der Waals surface area contributed by atoms with E-state index in [1.165, 1.54) is 11.3 Å². The summed E-state index contributed by atoms with van der Waals surface area (Å²) in [6.07, 6.45) is 2.08. The van der Waals surface area contributed by atoms with Crippen LogP contribution in [0.15, 0.2) is 75.9 Å². The highest BCUT2D eigenvalue weighted by Crippen LogP contribution is 2.43. The largest absolute Gasteiger partial charge is 0.748 e. The Labute approximate surface area is 261 Å². The van der Waals surface area contributed by atoms with Crippen LogP contribution < -0.4 is 14.2 Å². The van der Waals surface area contributed by atoms with E-state index in [9.17, 15) is 25.9 Å². The van der Waals surface area contributed by atoms with Crippen molar-refractivity contribution in [1.82, 2.24) is 0 Å². The first-order valence-corrected chi connectivity index (χ1v) is 19.1. The van der Waals surface area contributed by atoms with E-state index >= 15 is 0 Å². The van der Waals surface area contributed by atoms with Gasteiger partial charge in [0, 0.05) is 30.5 Å². The van der Waals surface area contributed by atoms with Gasteiger partial charge in [0.2, 0.25) is 11.4 Å². The summed E-state index contributed by atoms with van der Waals surface area (Å²) in [7, 11) is -8.77. The molecule has 224 valence electrons. The Kier molecular flexibility index (Phi) is 8.43. The minimum Gasteiger partial charge on any atom is -0.748 e. The average Bonchev–Trinajstić information content (AvgIpc) is 3.75. The number of aryl methyl sites for hydroxylation is 1. The summed E-state index contributed by atoms with van der Waals surface area (Å²) < 4.78 is 77.5. The topological polar surface area (TPSA) is 131 Å². The van der Waals surface area contributed by atoms with Gasteiger partial charge in [-0.15, -0.1) is 0 Å². The zero-order chi connectivity index (χ0) is 30.2. The summed E-state index contributed by atoms with van der Waals surface area (Å²) >= 11 is 4.67. The molecule has 1 aliphatic rings. The van der Waals surface area contributed by atoms with Gasteiger partial charge in [-0.25, -0.2) is 16.8 Å². The lowest BCUT2D eigenvalue weighted by molar-refractivity contribution is -0.668. The molecule has 0 saturated carbocycles. The molecule has 9 nitrogen and oxygen atoms in total. The van der Waals surface area contributed by atoms with Crippen LogP contribution in [0.4, 0.5) is 5.69 Å². The van der Waals surface area contributed by atoms with Crippen molar-refractivity contribution < 1.29 is 35.2 Å². The molecule has 14 heteroatoms. The maximum atomic E-state index is 11.4. The van der Waals surface area contributed by atoms with Gasteiger partial charge < -0.3 is 18.7 Å². The Morgan fingerprint density at radius 2 is 1.47 bits per heavy atom. The molecule has 0 saturated heterocycles. The lowest BCUT2D eigenvalue weighted by atomic mass is 10.1. The van der Waals surface area contributed by atoms with Crippen LogP contribution >= 0.6 is 34.0 Å². The highest BCUT2D eigenvalue weighted by Gasteiger charge is 2.30. The highest BCUT2D eigenvalue weighted by atomic mass is 32.2. The summed E-state index contributed by atoms with van der Waals surface area (Å²) in [5.74, 6) is 0.0604. The maximum absolute atomic E-state index is 11.4. The monoisotopic (exact) mass is 673 g/mol. The molecule has 1 aliphatic heterocycles. The van der Waals surface area contributed by atoms with Crippen LogP contribution in [-0.4, -0.2) is 44.0 Å². The van der Waals surface area contributed by atoms with Crippen LogP contribution in [0.1, 0.15) is 17.8 Å². The lowest BCUT2D eigenvalue weighted by Gasteiger charge is -2.19. The molecule has 5 aromatic rings. The second-order valence-electron chi connectivity index (χ2n) is 9.95. The third-order valence-electron chi connectivity index (χ3n) is 6.97. The van der Waals surface area contributed by atoms with Gasteiger partial charge in [0.15, 0.2) is 12.3 Å². The lowest BCUT2D eigenvalue weighted by Crippen LogP contribution is -2.36. The van der Waals surface area contributed by atoms with Gasteiger partial charge in [0.1, 0.15) is 4.70 Å². The molecule has 0 bridgehead atoms. The fraction of sp³-hybridized carbons (Fsp3) is 0.207. The van der Waals surface area contributed by atoms with Crippen molar-refractivity contribution in [2.45, 2.75) is 19.4 Å². The zero-order valence-corrected chi connectivity index (χ0v) is 26.6. The van der Waals surface area contributed by atoms with Gasteiger partial charge in [0.25, 0.3) is 5.01 Å². The summed E-state index contributed by atoms with van der Waals surface area (Å²) in [5.41, 5.74) is 5.75. The fourth-order valence-corrected chi connectivity index (χ4v) is 8.39. The zero-order valence-electron chi connectivity index (χ0n) is 22.5. The van der Waals surface area contributed by atoms with E-state index in [0.29, 0.717) is 11.6 Å². The average molecular weight is 674 g/mol. The molecule has 2 aromatic carbocycles. The van der Waals surface area contributed by atoms with E-state index in [-0.39, 0.29) is 25.9 Å². The first-order valence-electron chi connectivity index (χ1n) is 13.2. The molecule has 6 rings (SSSR count). The number of fused-ring (bicyclic) bond motifs is 2. The Balaban J connectivity index is 1.42. The first kappa shape index (κ1) is 29.9. The second-order valence-corrected chi connectivity index (χ2v) is 15.6. The molecule has 43 heavy (non-hydrogen) atoms. The van der Waals surface area contributed by atoms with E-state index in [1.54, 1.807) is 22.7 Å². The van der Waals surface area contributed by atoms with E-state index in [1.807, 2.05) is 74.1 Å². The maximum Gasteiger partial charge on any atom is 0.268 e. The molecule has 0 spiro atoms. The summed E-state index contributed by atoms with van der Waals surface area (Å²) in [5, 5.41) is 8.85. The van der Waals surface area contributed by atoms with Crippen molar-refractivity contribution in [2.24, 2.45) is 0 Å². The molecule has 0 radical (unpaired) electrons. The van der Waals surface area contributed by atoms with E-state index < -0.39 is 31.7 Å². The molecule has 3 aromatic heterocycles. The first-order chi connectivity index (χ1) is 20.5. The predicted molar refractivity (Wildman–Crippen MR) is 169 cm³/mol. The molecular weight excluding hydrogens is 649 g/mol. The van der Waals surface area contributed by atoms with Crippen LogP contribution in [0, 0.1) is 0 Å². The highest BCUT2D eigenvalue weighted by molar-refractivity contribution is 7.85. The minimum atomic E-state index is -4.39. The van der Waals surface area contributed by atoms with Crippen molar-refractivity contribution in [3.63, 3.8) is 0 Å². The number of hydrogen-bond donors (Lipinski definition) is 0. The van der Waals surface area contributed by atoms with Crippen LogP contribution in [0.25, 0.3) is 38.5 Å². The standard InChI is InChI=1S/C29H26N2O7S5/c32-42(33,34)13-1-9-30-24-15-20(22-7-11-39-18-22)3-5-26(24)38-28(30)17-29-31(10-2-14-43(35,36)37)25-16-21(4-6-27(25)41-29)23-8-12-40-19-23/h3-8,11-12,15-19H,1-2,9-10,13-14H2,(H-,32,33,34,35,36,37)/p-1. The van der Waals surface area contributed by atoms with Gasteiger partial charge in [-0.3, -0.25) is 0 Å². The predicted octanol–water partition coefficient (Wildman–Crippen LogP) is 5.71. The van der Waals surface area contributed by atoms with Gasteiger partial charge in [-0.1, -0.05) is 23.5 Å². The number of rotatable bonds is 11. The van der Waals surface area contributed by atoms with Gasteiger partial charge in [-0.05, 0) is 80.5 Å².